The van der Waals surface area contributed by atoms with Gasteiger partial charge < -0.3 is 15.0 Å². The zero-order valence-electron chi connectivity index (χ0n) is 16.3. The zero-order chi connectivity index (χ0) is 20.2. The predicted octanol–water partition coefficient (Wildman–Crippen LogP) is 2.47. The Balaban J connectivity index is 1.56. The first-order valence-electron chi connectivity index (χ1n) is 9.71. The lowest BCUT2D eigenvalue weighted by atomic mass is 10.2. The molecule has 0 atom stereocenters. The smallest absolute Gasteiger partial charge is 0.274 e. The van der Waals surface area contributed by atoms with Gasteiger partial charge in [0.25, 0.3) is 11.5 Å². The summed E-state index contributed by atoms with van der Waals surface area (Å²) in [4.78, 5) is 31.5. The molecule has 29 heavy (non-hydrogen) atoms. The third kappa shape index (κ3) is 4.40. The largest absolute Gasteiger partial charge is 0.497 e. The van der Waals surface area contributed by atoms with E-state index in [2.05, 4.69) is 20.3 Å². The summed E-state index contributed by atoms with van der Waals surface area (Å²) in [6, 6.07) is 8.68. The standard InChI is InChI=1S/C20H23N5O3S/c1-28-15-8-6-14(7-9-15)13-21-18(27)16-12-17(26)22-19-25(16)23-20(29-19)24-10-4-2-3-5-11-24/h6-9,12H,2-5,10-11,13H2,1H3,(H,21,27). The minimum atomic E-state index is -0.439. The van der Waals surface area contributed by atoms with Crippen molar-refractivity contribution in [1.82, 2.24) is 19.9 Å². The molecule has 0 aliphatic carbocycles. The zero-order valence-corrected chi connectivity index (χ0v) is 17.1. The van der Waals surface area contributed by atoms with Gasteiger partial charge in [-0.05, 0) is 30.5 Å². The van der Waals surface area contributed by atoms with Gasteiger partial charge >= 0.3 is 0 Å². The van der Waals surface area contributed by atoms with Crippen molar-refractivity contribution in [2.45, 2.75) is 32.2 Å². The van der Waals surface area contributed by atoms with Crippen LogP contribution in [0.4, 0.5) is 5.13 Å². The Bertz CT molecular complexity index is 1050. The van der Waals surface area contributed by atoms with Crippen LogP contribution in [-0.2, 0) is 6.54 Å². The highest BCUT2D eigenvalue weighted by molar-refractivity contribution is 7.20. The fourth-order valence-corrected chi connectivity index (χ4v) is 4.33. The Morgan fingerprint density at radius 2 is 1.90 bits per heavy atom. The molecule has 0 bridgehead atoms. The summed E-state index contributed by atoms with van der Waals surface area (Å²) in [6.07, 6.45) is 4.68. The van der Waals surface area contributed by atoms with Crippen molar-refractivity contribution in [3.63, 3.8) is 0 Å². The van der Waals surface area contributed by atoms with Gasteiger partial charge in [0.15, 0.2) is 0 Å². The fraction of sp³-hybridized carbons (Fsp3) is 0.400. The molecule has 1 fully saturated rings. The first kappa shape index (κ1) is 19.4. The number of rotatable bonds is 5. The van der Waals surface area contributed by atoms with Crippen molar-refractivity contribution >= 4 is 27.3 Å². The van der Waals surface area contributed by atoms with Gasteiger partial charge in [0.2, 0.25) is 10.1 Å². The molecule has 9 heteroatoms. The first-order chi connectivity index (χ1) is 14.1. The summed E-state index contributed by atoms with van der Waals surface area (Å²) in [6.45, 7) is 2.21. The molecule has 1 aliphatic heterocycles. The number of hydrogen-bond donors (Lipinski definition) is 1. The highest BCUT2D eigenvalue weighted by Crippen LogP contribution is 2.25. The summed E-state index contributed by atoms with van der Waals surface area (Å²) in [7, 11) is 1.61. The Kier molecular flexibility index (Phi) is 5.75. The van der Waals surface area contributed by atoms with Crippen LogP contribution in [-0.4, -0.2) is 40.7 Å². The number of nitrogens with zero attached hydrogens (tertiary/aromatic N) is 4. The number of ether oxygens (including phenoxy) is 1. The van der Waals surface area contributed by atoms with E-state index in [1.54, 1.807) is 7.11 Å². The molecule has 0 unspecified atom stereocenters. The fourth-order valence-electron chi connectivity index (χ4n) is 3.37. The molecule has 0 saturated carbocycles. The topological polar surface area (TPSA) is 88.8 Å². The molecule has 152 valence electrons. The number of amides is 1. The Morgan fingerprint density at radius 3 is 2.59 bits per heavy atom. The SMILES string of the molecule is COc1ccc(CNC(=O)c2cc(=O)nc3sc(N4CCCCCC4)nn23)cc1. The number of benzene rings is 1. The van der Waals surface area contributed by atoms with Crippen molar-refractivity contribution in [1.29, 1.82) is 0 Å². The molecule has 3 aromatic rings. The average molecular weight is 414 g/mol. The number of anilines is 1. The van der Waals surface area contributed by atoms with Crippen molar-refractivity contribution in [3.05, 3.63) is 51.9 Å². The Hall–Kier alpha value is -2.94. The van der Waals surface area contributed by atoms with E-state index < -0.39 is 5.56 Å². The highest BCUT2D eigenvalue weighted by atomic mass is 32.1. The van der Waals surface area contributed by atoms with Gasteiger partial charge in [-0.25, -0.2) is 0 Å². The summed E-state index contributed by atoms with van der Waals surface area (Å²) >= 11 is 1.35. The molecule has 1 N–H and O–H groups in total. The van der Waals surface area contributed by atoms with Crippen LogP contribution in [0.2, 0.25) is 0 Å². The van der Waals surface area contributed by atoms with Crippen molar-refractivity contribution in [2.75, 3.05) is 25.1 Å². The van der Waals surface area contributed by atoms with Crippen LogP contribution in [0.5, 0.6) is 5.75 Å². The summed E-state index contributed by atoms with van der Waals surface area (Å²) in [5, 5.41) is 8.26. The monoisotopic (exact) mass is 413 g/mol. The minimum Gasteiger partial charge on any atom is -0.497 e. The number of carbonyl (C=O) groups is 1. The first-order valence-corrected chi connectivity index (χ1v) is 10.5. The van der Waals surface area contributed by atoms with Crippen LogP contribution in [0.15, 0.2) is 35.1 Å². The van der Waals surface area contributed by atoms with E-state index in [0.29, 0.717) is 11.5 Å². The van der Waals surface area contributed by atoms with Gasteiger partial charge in [-0.15, -0.1) is 5.10 Å². The van der Waals surface area contributed by atoms with Gasteiger partial charge in [-0.3, -0.25) is 9.59 Å². The van der Waals surface area contributed by atoms with Crippen LogP contribution in [0.3, 0.4) is 0 Å². The van der Waals surface area contributed by atoms with Crippen LogP contribution in [0.1, 0.15) is 41.7 Å². The molecule has 1 aliphatic rings. The Labute approximate surface area is 172 Å². The third-order valence-electron chi connectivity index (χ3n) is 4.96. The summed E-state index contributed by atoms with van der Waals surface area (Å²) < 4.78 is 6.62. The number of fused-ring (bicyclic) bond motifs is 1. The molecule has 8 nitrogen and oxygen atoms in total. The Morgan fingerprint density at radius 1 is 1.17 bits per heavy atom. The maximum atomic E-state index is 12.8. The normalized spacial score (nSPS) is 14.6. The van der Waals surface area contributed by atoms with Crippen molar-refractivity contribution in [3.8, 4) is 5.75 Å². The quantitative estimate of drug-likeness (QED) is 0.691. The van der Waals surface area contributed by atoms with Gasteiger partial charge in [-0.2, -0.15) is 9.50 Å². The van der Waals surface area contributed by atoms with E-state index in [4.69, 9.17) is 4.74 Å². The second-order valence-corrected chi connectivity index (χ2v) is 7.93. The molecule has 1 aromatic carbocycles. The van der Waals surface area contributed by atoms with Crippen LogP contribution >= 0.6 is 11.3 Å². The lowest BCUT2D eigenvalue weighted by Crippen LogP contribution is -2.28. The molecular weight excluding hydrogens is 390 g/mol. The van der Waals surface area contributed by atoms with E-state index in [9.17, 15) is 9.59 Å². The summed E-state index contributed by atoms with van der Waals surface area (Å²) in [5.41, 5.74) is 0.692. The van der Waals surface area contributed by atoms with Crippen molar-refractivity contribution < 1.29 is 9.53 Å². The van der Waals surface area contributed by atoms with Crippen LogP contribution in [0, 0.1) is 0 Å². The number of nitrogens with one attached hydrogen (secondary N) is 1. The lowest BCUT2D eigenvalue weighted by Gasteiger charge is -2.17. The number of hydrogen-bond acceptors (Lipinski definition) is 7. The molecule has 1 amide bonds. The highest BCUT2D eigenvalue weighted by Gasteiger charge is 2.19. The molecule has 2 aromatic heterocycles. The van der Waals surface area contributed by atoms with Gasteiger partial charge in [0.05, 0.1) is 7.11 Å². The van der Waals surface area contributed by atoms with Gasteiger partial charge in [0.1, 0.15) is 11.4 Å². The van der Waals surface area contributed by atoms with Crippen molar-refractivity contribution in [2.24, 2.45) is 0 Å². The molecule has 1 saturated heterocycles. The lowest BCUT2D eigenvalue weighted by molar-refractivity contribution is 0.0943. The van der Waals surface area contributed by atoms with E-state index in [0.717, 1.165) is 42.4 Å². The van der Waals surface area contributed by atoms with Crippen LogP contribution in [0.25, 0.3) is 4.96 Å². The maximum Gasteiger partial charge on any atom is 0.274 e. The molecule has 4 rings (SSSR count). The summed E-state index contributed by atoms with van der Waals surface area (Å²) in [5.74, 6) is 0.397. The van der Waals surface area contributed by atoms with E-state index >= 15 is 0 Å². The molecule has 0 spiro atoms. The predicted molar refractivity (Wildman–Crippen MR) is 112 cm³/mol. The van der Waals surface area contributed by atoms with E-state index in [1.165, 1.54) is 34.8 Å². The van der Waals surface area contributed by atoms with Gasteiger partial charge in [-0.1, -0.05) is 36.3 Å². The van der Waals surface area contributed by atoms with E-state index in [-0.39, 0.29) is 11.6 Å². The van der Waals surface area contributed by atoms with E-state index in [1.807, 2.05) is 24.3 Å². The van der Waals surface area contributed by atoms with Crippen LogP contribution < -0.4 is 20.5 Å². The maximum absolute atomic E-state index is 12.8. The number of methoxy groups -OCH3 is 1. The second-order valence-electron chi connectivity index (χ2n) is 6.99. The number of carbonyl (C=O) groups excluding carboxylic acids is 1. The average Bonchev–Trinajstić information content (AvgIpc) is 2.97. The molecule has 3 heterocycles. The van der Waals surface area contributed by atoms with Gasteiger partial charge in [0, 0.05) is 25.7 Å². The number of aromatic nitrogens is 3. The molecular formula is C20H23N5O3S. The second kappa shape index (κ2) is 8.60. The minimum absolute atomic E-state index is 0.200. The third-order valence-corrected chi connectivity index (χ3v) is 5.93. The molecule has 0 radical (unpaired) electrons.